The highest BCUT2D eigenvalue weighted by atomic mass is 32.1. The lowest BCUT2D eigenvalue weighted by Crippen LogP contribution is -2.09. The summed E-state index contributed by atoms with van der Waals surface area (Å²) in [5.74, 6) is 1.15. The highest BCUT2D eigenvalue weighted by Gasteiger charge is 2.27. The van der Waals surface area contributed by atoms with Crippen LogP contribution in [0.2, 0.25) is 0 Å². The second kappa shape index (κ2) is 7.66. The summed E-state index contributed by atoms with van der Waals surface area (Å²) < 4.78 is 6.08. The van der Waals surface area contributed by atoms with Crippen molar-refractivity contribution >= 4 is 27.4 Å². The molecule has 5 rings (SSSR count). The Balaban J connectivity index is 1.71. The van der Waals surface area contributed by atoms with Crippen LogP contribution in [0, 0.1) is 23.0 Å². The SMILES string of the molecule is Cc1ccc(Oc2nc(-c3cccnc3)nc3sc4c(c23)CCC(C)C4)c([N+](=O)[O-])n1. The molecule has 4 aromatic rings. The Morgan fingerprint density at radius 2 is 2.10 bits per heavy atom. The van der Waals surface area contributed by atoms with E-state index in [-0.39, 0.29) is 11.6 Å². The van der Waals surface area contributed by atoms with Crippen molar-refractivity contribution in [3.05, 3.63) is 62.9 Å². The molecule has 8 nitrogen and oxygen atoms in total. The molecule has 4 heterocycles. The van der Waals surface area contributed by atoms with Gasteiger partial charge in [0.05, 0.1) is 5.39 Å². The number of hydrogen-bond donors (Lipinski definition) is 0. The molecule has 4 aromatic heterocycles. The van der Waals surface area contributed by atoms with Crippen LogP contribution in [0.3, 0.4) is 0 Å². The molecule has 0 bridgehead atoms. The number of hydrogen-bond acceptors (Lipinski definition) is 8. The zero-order chi connectivity index (χ0) is 21.5. The Kier molecular flexibility index (Phi) is 4.82. The molecule has 9 heteroatoms. The van der Waals surface area contributed by atoms with Gasteiger partial charge in [-0.05, 0) is 64.9 Å². The molecule has 0 N–H and O–H groups in total. The van der Waals surface area contributed by atoms with Crippen LogP contribution >= 0.6 is 11.3 Å². The first-order valence-corrected chi connectivity index (χ1v) is 10.8. The first-order valence-electron chi connectivity index (χ1n) is 10.0. The van der Waals surface area contributed by atoms with E-state index in [0.29, 0.717) is 23.3 Å². The quantitative estimate of drug-likeness (QED) is 0.318. The first-order chi connectivity index (χ1) is 15.0. The Bertz CT molecular complexity index is 1310. The molecule has 1 unspecified atom stereocenters. The monoisotopic (exact) mass is 433 g/mol. The van der Waals surface area contributed by atoms with Gasteiger partial charge in [0.15, 0.2) is 5.82 Å². The van der Waals surface area contributed by atoms with Gasteiger partial charge in [0, 0.05) is 29.8 Å². The van der Waals surface area contributed by atoms with Crippen molar-refractivity contribution in [1.29, 1.82) is 0 Å². The highest BCUT2D eigenvalue weighted by molar-refractivity contribution is 7.18. The van der Waals surface area contributed by atoms with E-state index in [1.165, 1.54) is 10.4 Å². The van der Waals surface area contributed by atoms with E-state index in [1.54, 1.807) is 42.8 Å². The van der Waals surface area contributed by atoms with Crippen molar-refractivity contribution in [1.82, 2.24) is 19.9 Å². The van der Waals surface area contributed by atoms with Gasteiger partial charge in [-0.2, -0.15) is 4.98 Å². The largest absolute Gasteiger partial charge is 0.429 e. The number of fused-ring (bicyclic) bond motifs is 3. The van der Waals surface area contributed by atoms with E-state index >= 15 is 0 Å². The molecule has 0 aromatic carbocycles. The number of aryl methyl sites for hydroxylation is 2. The lowest BCUT2D eigenvalue weighted by atomic mass is 9.89. The highest BCUT2D eigenvalue weighted by Crippen LogP contribution is 2.43. The first kappa shape index (κ1) is 19.5. The Morgan fingerprint density at radius 1 is 1.23 bits per heavy atom. The van der Waals surface area contributed by atoms with Gasteiger partial charge in [0.1, 0.15) is 10.5 Å². The van der Waals surface area contributed by atoms with Crippen LogP contribution in [0.5, 0.6) is 11.6 Å². The minimum Gasteiger partial charge on any atom is -0.429 e. The molecule has 0 radical (unpaired) electrons. The summed E-state index contributed by atoms with van der Waals surface area (Å²) in [6.45, 7) is 3.95. The van der Waals surface area contributed by atoms with Gasteiger partial charge in [-0.1, -0.05) is 6.92 Å². The van der Waals surface area contributed by atoms with Crippen LogP contribution in [0.25, 0.3) is 21.6 Å². The third-order valence-corrected chi connectivity index (χ3v) is 6.55. The topological polar surface area (TPSA) is 104 Å². The van der Waals surface area contributed by atoms with Gasteiger partial charge in [0.25, 0.3) is 0 Å². The second-order valence-electron chi connectivity index (χ2n) is 7.76. The van der Waals surface area contributed by atoms with E-state index in [0.717, 1.165) is 35.0 Å². The minimum atomic E-state index is -0.534. The molecule has 0 amide bonds. The van der Waals surface area contributed by atoms with E-state index < -0.39 is 4.92 Å². The number of pyridine rings is 2. The average molecular weight is 433 g/mol. The molecule has 0 aliphatic heterocycles. The number of aromatic nitrogens is 4. The number of nitrogens with zero attached hydrogens (tertiary/aromatic N) is 5. The van der Waals surface area contributed by atoms with Crippen molar-refractivity contribution < 1.29 is 9.66 Å². The summed E-state index contributed by atoms with van der Waals surface area (Å²) in [7, 11) is 0. The van der Waals surface area contributed by atoms with E-state index in [9.17, 15) is 10.1 Å². The lowest BCUT2D eigenvalue weighted by Gasteiger charge is -2.18. The number of nitro groups is 1. The summed E-state index contributed by atoms with van der Waals surface area (Å²) in [4.78, 5) is 30.8. The fourth-order valence-electron chi connectivity index (χ4n) is 3.85. The predicted octanol–water partition coefficient (Wildman–Crippen LogP) is 5.28. The third kappa shape index (κ3) is 3.61. The molecule has 0 fully saturated rings. The summed E-state index contributed by atoms with van der Waals surface area (Å²) in [5, 5.41) is 12.4. The van der Waals surface area contributed by atoms with Crippen molar-refractivity contribution in [2.75, 3.05) is 0 Å². The number of rotatable bonds is 4. The molecular formula is C22H19N5O3S. The van der Waals surface area contributed by atoms with Gasteiger partial charge < -0.3 is 14.9 Å². The molecule has 31 heavy (non-hydrogen) atoms. The van der Waals surface area contributed by atoms with Crippen LogP contribution in [-0.4, -0.2) is 24.9 Å². The standard InChI is InChI=1S/C22H19N5O3S/c1-12-5-7-15-17(10-12)31-22-18(15)21(25-19(26-22)14-4-3-9-23-11-14)30-16-8-6-13(2)24-20(16)27(28)29/h3-4,6,8-9,11-12H,5,7,10H2,1-2H3. The lowest BCUT2D eigenvalue weighted by molar-refractivity contribution is -0.390. The molecule has 0 saturated carbocycles. The maximum absolute atomic E-state index is 11.6. The van der Waals surface area contributed by atoms with Gasteiger partial charge in [-0.25, -0.2) is 4.98 Å². The maximum atomic E-state index is 11.6. The van der Waals surface area contributed by atoms with Gasteiger partial charge in [-0.3, -0.25) is 4.98 Å². The molecule has 156 valence electrons. The Hall–Kier alpha value is -3.46. The molecule has 0 spiro atoms. The third-order valence-electron chi connectivity index (χ3n) is 5.40. The number of thiophene rings is 1. The Labute approximate surface area is 182 Å². The van der Waals surface area contributed by atoms with Crippen LogP contribution < -0.4 is 4.74 Å². The zero-order valence-corrected chi connectivity index (χ0v) is 17.8. The average Bonchev–Trinajstić information content (AvgIpc) is 3.13. The number of ether oxygens (including phenoxy) is 1. The normalized spacial score (nSPS) is 15.6. The fourth-order valence-corrected chi connectivity index (χ4v) is 5.23. The molecule has 1 atom stereocenters. The second-order valence-corrected chi connectivity index (χ2v) is 8.84. The van der Waals surface area contributed by atoms with Crippen LogP contribution in [0.15, 0.2) is 36.7 Å². The van der Waals surface area contributed by atoms with Crippen molar-refractivity contribution in [3.8, 4) is 23.0 Å². The smallest absolute Gasteiger partial charge is 0.407 e. The van der Waals surface area contributed by atoms with Crippen LogP contribution in [-0.2, 0) is 12.8 Å². The van der Waals surface area contributed by atoms with Crippen molar-refractivity contribution in [2.45, 2.75) is 33.1 Å². The minimum absolute atomic E-state index is 0.0665. The van der Waals surface area contributed by atoms with Gasteiger partial charge >= 0.3 is 5.82 Å². The van der Waals surface area contributed by atoms with E-state index in [2.05, 4.69) is 21.9 Å². The van der Waals surface area contributed by atoms with E-state index in [4.69, 9.17) is 9.72 Å². The van der Waals surface area contributed by atoms with Gasteiger partial charge in [0.2, 0.25) is 11.6 Å². The van der Waals surface area contributed by atoms with E-state index in [1.807, 2.05) is 12.1 Å². The summed E-state index contributed by atoms with van der Waals surface area (Å²) in [5.41, 5.74) is 2.49. The summed E-state index contributed by atoms with van der Waals surface area (Å²) >= 11 is 1.65. The van der Waals surface area contributed by atoms with Crippen molar-refractivity contribution in [2.24, 2.45) is 5.92 Å². The maximum Gasteiger partial charge on any atom is 0.407 e. The Morgan fingerprint density at radius 3 is 2.87 bits per heavy atom. The zero-order valence-electron chi connectivity index (χ0n) is 17.0. The van der Waals surface area contributed by atoms with Crippen molar-refractivity contribution in [3.63, 3.8) is 0 Å². The molecular weight excluding hydrogens is 414 g/mol. The summed E-state index contributed by atoms with van der Waals surface area (Å²) in [6.07, 6.45) is 6.36. The molecule has 1 aliphatic rings. The van der Waals surface area contributed by atoms with Gasteiger partial charge in [-0.15, -0.1) is 11.3 Å². The van der Waals surface area contributed by atoms with Crippen LogP contribution in [0.4, 0.5) is 5.82 Å². The van der Waals surface area contributed by atoms with Crippen LogP contribution in [0.1, 0.15) is 29.5 Å². The molecule has 0 saturated heterocycles. The predicted molar refractivity (Wildman–Crippen MR) is 118 cm³/mol. The summed E-state index contributed by atoms with van der Waals surface area (Å²) in [6, 6.07) is 6.95. The fraction of sp³-hybridized carbons (Fsp3) is 0.273. The molecule has 1 aliphatic carbocycles.